The van der Waals surface area contributed by atoms with Gasteiger partial charge in [-0.15, -0.1) is 0 Å². The first-order valence-electron chi connectivity index (χ1n) is 8.72. The minimum atomic E-state index is -0.984. The van der Waals surface area contributed by atoms with Crippen molar-refractivity contribution in [3.05, 3.63) is 48.5 Å². The molecule has 0 bridgehead atoms. The molecule has 0 aromatic heterocycles. The number of ether oxygens (including phenoxy) is 2. The third-order valence-electron chi connectivity index (χ3n) is 4.85. The maximum Gasteiger partial charge on any atom is 0.242 e. The van der Waals surface area contributed by atoms with Gasteiger partial charge in [-0.3, -0.25) is 9.59 Å². The zero-order chi connectivity index (χ0) is 18.1. The fourth-order valence-corrected chi connectivity index (χ4v) is 3.20. The molecule has 2 aromatic rings. The zero-order valence-corrected chi connectivity index (χ0v) is 14.5. The molecule has 2 aromatic carbocycles. The highest BCUT2D eigenvalue weighted by molar-refractivity contribution is 6.17. The highest BCUT2D eigenvalue weighted by Crippen LogP contribution is 2.49. The summed E-state index contributed by atoms with van der Waals surface area (Å²) in [7, 11) is 0. The summed E-state index contributed by atoms with van der Waals surface area (Å²) in [5, 5.41) is 2.86. The summed E-state index contributed by atoms with van der Waals surface area (Å²) in [6.07, 6.45) is 1.12. The van der Waals surface area contributed by atoms with Gasteiger partial charge in [0.25, 0.3) is 0 Å². The smallest absolute Gasteiger partial charge is 0.242 e. The lowest BCUT2D eigenvalue weighted by Crippen LogP contribution is -2.43. The number of carbonyl (C=O) groups excluding carboxylic acids is 2. The van der Waals surface area contributed by atoms with Crippen molar-refractivity contribution in [1.29, 1.82) is 0 Å². The number of fused-ring (bicyclic) bond motifs is 1. The van der Waals surface area contributed by atoms with E-state index in [0.29, 0.717) is 36.6 Å². The lowest BCUT2D eigenvalue weighted by atomic mass is 10.0. The van der Waals surface area contributed by atoms with E-state index in [-0.39, 0.29) is 18.6 Å². The first-order valence-corrected chi connectivity index (χ1v) is 8.72. The Kier molecular flexibility index (Phi) is 4.03. The number of benzene rings is 2. The molecule has 1 heterocycles. The SMILES string of the molecule is CCN(C(=O)C1(C(=O)Nc2ccc3c(c2)OCO3)CC1)c1ccccc1. The third kappa shape index (κ3) is 2.77. The van der Waals surface area contributed by atoms with Crippen LogP contribution < -0.4 is 19.7 Å². The van der Waals surface area contributed by atoms with Crippen molar-refractivity contribution in [2.45, 2.75) is 19.8 Å². The van der Waals surface area contributed by atoms with Crippen molar-refractivity contribution in [2.24, 2.45) is 5.41 Å². The first kappa shape index (κ1) is 16.4. The van der Waals surface area contributed by atoms with Crippen molar-refractivity contribution in [3.8, 4) is 11.5 Å². The summed E-state index contributed by atoms with van der Waals surface area (Å²) in [6.45, 7) is 2.61. The highest BCUT2D eigenvalue weighted by atomic mass is 16.7. The molecule has 2 amide bonds. The maximum absolute atomic E-state index is 13.1. The van der Waals surface area contributed by atoms with Gasteiger partial charge in [0.15, 0.2) is 11.5 Å². The van der Waals surface area contributed by atoms with E-state index in [2.05, 4.69) is 5.32 Å². The van der Waals surface area contributed by atoms with Crippen LogP contribution in [0.5, 0.6) is 11.5 Å². The quantitative estimate of drug-likeness (QED) is 0.839. The van der Waals surface area contributed by atoms with Crippen molar-refractivity contribution < 1.29 is 19.1 Å². The Balaban J connectivity index is 1.52. The van der Waals surface area contributed by atoms with Crippen LogP contribution in [0.3, 0.4) is 0 Å². The van der Waals surface area contributed by atoms with Crippen molar-refractivity contribution >= 4 is 23.2 Å². The van der Waals surface area contributed by atoms with Crippen molar-refractivity contribution in [1.82, 2.24) is 0 Å². The van der Waals surface area contributed by atoms with Crippen LogP contribution >= 0.6 is 0 Å². The summed E-state index contributed by atoms with van der Waals surface area (Å²) in [4.78, 5) is 27.6. The van der Waals surface area contributed by atoms with Gasteiger partial charge >= 0.3 is 0 Å². The number of hydrogen-bond donors (Lipinski definition) is 1. The largest absolute Gasteiger partial charge is 0.454 e. The number of carbonyl (C=O) groups is 2. The molecular formula is C20H20N2O4. The summed E-state index contributed by atoms with van der Waals surface area (Å²) in [6, 6.07) is 14.7. The van der Waals surface area contributed by atoms with E-state index in [1.807, 2.05) is 37.3 Å². The molecule has 1 saturated carbocycles. The average Bonchev–Trinajstić information content (AvgIpc) is 3.35. The van der Waals surface area contributed by atoms with E-state index >= 15 is 0 Å². The summed E-state index contributed by atoms with van der Waals surface area (Å²) in [5.74, 6) is 0.833. The number of para-hydroxylation sites is 1. The molecule has 4 rings (SSSR count). The zero-order valence-electron chi connectivity index (χ0n) is 14.5. The molecule has 1 aliphatic carbocycles. The molecule has 2 aliphatic rings. The normalized spacial score (nSPS) is 16.0. The lowest BCUT2D eigenvalue weighted by Gasteiger charge is -2.26. The Morgan fingerprint density at radius 1 is 1.08 bits per heavy atom. The van der Waals surface area contributed by atoms with E-state index in [9.17, 15) is 9.59 Å². The Morgan fingerprint density at radius 2 is 1.81 bits per heavy atom. The average molecular weight is 352 g/mol. The van der Waals surface area contributed by atoms with Gasteiger partial charge in [0.05, 0.1) is 0 Å². The molecule has 6 nitrogen and oxygen atoms in total. The molecule has 0 radical (unpaired) electrons. The van der Waals surface area contributed by atoms with Gasteiger partial charge in [0.1, 0.15) is 5.41 Å². The summed E-state index contributed by atoms with van der Waals surface area (Å²) in [5.41, 5.74) is 0.422. The third-order valence-corrected chi connectivity index (χ3v) is 4.85. The predicted octanol–water partition coefficient (Wildman–Crippen LogP) is 3.19. The van der Waals surface area contributed by atoms with Crippen LogP contribution in [0.4, 0.5) is 11.4 Å². The topological polar surface area (TPSA) is 67.9 Å². The number of hydrogen-bond acceptors (Lipinski definition) is 4. The van der Waals surface area contributed by atoms with Crippen LogP contribution in [0.25, 0.3) is 0 Å². The van der Waals surface area contributed by atoms with E-state index < -0.39 is 5.41 Å². The van der Waals surface area contributed by atoms with Gasteiger partial charge in [-0.1, -0.05) is 18.2 Å². The molecule has 0 atom stereocenters. The van der Waals surface area contributed by atoms with Crippen LogP contribution in [0.2, 0.25) is 0 Å². The van der Waals surface area contributed by atoms with Gasteiger partial charge < -0.3 is 19.7 Å². The second-order valence-electron chi connectivity index (χ2n) is 6.49. The van der Waals surface area contributed by atoms with Crippen molar-refractivity contribution in [2.75, 3.05) is 23.6 Å². The highest BCUT2D eigenvalue weighted by Gasteiger charge is 2.58. The minimum Gasteiger partial charge on any atom is -0.454 e. The molecule has 1 aliphatic heterocycles. The van der Waals surface area contributed by atoms with E-state index in [1.165, 1.54) is 0 Å². The summed E-state index contributed by atoms with van der Waals surface area (Å²) < 4.78 is 10.6. The number of nitrogens with one attached hydrogen (secondary N) is 1. The molecule has 0 saturated heterocycles. The second kappa shape index (κ2) is 6.37. The molecule has 0 spiro atoms. The molecule has 1 fully saturated rings. The van der Waals surface area contributed by atoms with Gasteiger partial charge in [-0.25, -0.2) is 0 Å². The number of rotatable bonds is 5. The predicted molar refractivity (Wildman–Crippen MR) is 97.3 cm³/mol. The second-order valence-corrected chi connectivity index (χ2v) is 6.49. The lowest BCUT2D eigenvalue weighted by molar-refractivity contribution is -0.132. The first-order chi connectivity index (χ1) is 12.6. The van der Waals surface area contributed by atoms with Crippen LogP contribution in [0, 0.1) is 5.41 Å². The minimum absolute atomic E-state index is 0.149. The monoisotopic (exact) mass is 352 g/mol. The summed E-state index contributed by atoms with van der Waals surface area (Å²) >= 11 is 0. The molecule has 1 N–H and O–H groups in total. The van der Waals surface area contributed by atoms with Gasteiger partial charge in [0, 0.05) is 24.0 Å². The number of anilines is 2. The molecular weight excluding hydrogens is 332 g/mol. The van der Waals surface area contributed by atoms with Gasteiger partial charge in [-0.2, -0.15) is 0 Å². The fourth-order valence-electron chi connectivity index (χ4n) is 3.20. The van der Waals surface area contributed by atoms with Crippen LogP contribution in [0.1, 0.15) is 19.8 Å². The van der Waals surface area contributed by atoms with Gasteiger partial charge in [-0.05, 0) is 44.0 Å². The van der Waals surface area contributed by atoms with Gasteiger partial charge in [0.2, 0.25) is 18.6 Å². The molecule has 6 heteroatoms. The number of amides is 2. The molecule has 0 unspecified atom stereocenters. The Morgan fingerprint density at radius 3 is 2.50 bits per heavy atom. The Hall–Kier alpha value is -3.02. The van der Waals surface area contributed by atoms with E-state index in [0.717, 1.165) is 5.69 Å². The molecule has 134 valence electrons. The fraction of sp³-hybridized carbons (Fsp3) is 0.300. The molecule has 26 heavy (non-hydrogen) atoms. The van der Waals surface area contributed by atoms with Crippen LogP contribution in [-0.2, 0) is 9.59 Å². The Labute approximate surface area is 151 Å². The van der Waals surface area contributed by atoms with Crippen molar-refractivity contribution in [3.63, 3.8) is 0 Å². The van der Waals surface area contributed by atoms with Crippen LogP contribution in [-0.4, -0.2) is 25.2 Å². The van der Waals surface area contributed by atoms with E-state index in [4.69, 9.17) is 9.47 Å². The standard InChI is InChI=1S/C20H20N2O4/c1-2-22(15-6-4-3-5-7-15)19(24)20(10-11-20)18(23)21-14-8-9-16-17(12-14)26-13-25-16/h3-9,12H,2,10-11,13H2,1H3,(H,21,23). The van der Waals surface area contributed by atoms with E-state index in [1.54, 1.807) is 23.1 Å². The van der Waals surface area contributed by atoms with Crippen LogP contribution in [0.15, 0.2) is 48.5 Å². The Bertz CT molecular complexity index is 846. The number of nitrogens with zero attached hydrogens (tertiary/aromatic N) is 1. The maximum atomic E-state index is 13.1.